The third-order valence-corrected chi connectivity index (χ3v) is 5.85. The van der Waals surface area contributed by atoms with Crippen LogP contribution in [0.15, 0.2) is 12.4 Å². The number of halogens is 3. The van der Waals surface area contributed by atoms with Gasteiger partial charge in [0.05, 0.1) is 11.7 Å². The molecule has 142 valence electrons. The van der Waals surface area contributed by atoms with Crippen LogP contribution in [0.5, 0.6) is 5.88 Å². The third-order valence-electron chi connectivity index (χ3n) is 5.85. The number of aromatic nitrogens is 2. The van der Waals surface area contributed by atoms with E-state index in [-0.39, 0.29) is 29.2 Å². The second-order valence-corrected chi connectivity index (χ2v) is 8.12. The molecule has 4 fully saturated rings. The Hall–Kier alpha value is -1.86. The van der Waals surface area contributed by atoms with E-state index >= 15 is 0 Å². The number of carbonyl (C=O) groups excluding carboxylic acids is 1. The lowest BCUT2D eigenvalue weighted by Gasteiger charge is -2.61. The first-order valence-electron chi connectivity index (χ1n) is 9.09. The van der Waals surface area contributed by atoms with Crippen LogP contribution in [0.1, 0.15) is 57.2 Å². The van der Waals surface area contributed by atoms with Gasteiger partial charge in [-0.3, -0.25) is 4.79 Å². The fraction of sp³-hybridized carbons (Fsp3) is 0.722. The maximum Gasteiger partial charge on any atom is 0.425 e. The van der Waals surface area contributed by atoms with Gasteiger partial charge in [-0.1, -0.05) is 0 Å². The minimum absolute atomic E-state index is 0.00444. The summed E-state index contributed by atoms with van der Waals surface area (Å²) < 4.78 is 42.9. The van der Waals surface area contributed by atoms with Gasteiger partial charge in [-0.05, 0) is 56.3 Å². The van der Waals surface area contributed by atoms with E-state index in [0.717, 1.165) is 44.9 Å². The van der Waals surface area contributed by atoms with Gasteiger partial charge < -0.3 is 10.1 Å². The Morgan fingerprint density at radius 3 is 2.58 bits per heavy atom. The molecule has 5 rings (SSSR count). The molecule has 4 aliphatic carbocycles. The van der Waals surface area contributed by atoms with Gasteiger partial charge in [0.2, 0.25) is 11.8 Å². The molecule has 5 nitrogen and oxygen atoms in total. The third kappa shape index (κ3) is 3.50. The minimum Gasteiger partial charge on any atom is -0.465 e. The second kappa shape index (κ2) is 6.09. The predicted octanol–water partition coefficient (Wildman–Crippen LogP) is 3.56. The molecule has 0 radical (unpaired) electrons. The largest absolute Gasteiger partial charge is 0.465 e. The van der Waals surface area contributed by atoms with Gasteiger partial charge >= 0.3 is 6.18 Å². The van der Waals surface area contributed by atoms with Gasteiger partial charge in [-0.2, -0.15) is 13.2 Å². The van der Waals surface area contributed by atoms with Crippen molar-refractivity contribution in [1.82, 2.24) is 15.3 Å². The molecule has 1 heterocycles. The van der Waals surface area contributed by atoms with Gasteiger partial charge in [0, 0.05) is 12.5 Å². The quantitative estimate of drug-likeness (QED) is 0.798. The van der Waals surface area contributed by atoms with Gasteiger partial charge in [0.1, 0.15) is 6.33 Å². The number of carbonyl (C=O) groups is 1. The predicted molar refractivity (Wildman–Crippen MR) is 86.2 cm³/mol. The zero-order chi connectivity index (χ0) is 18.5. The van der Waals surface area contributed by atoms with Crippen LogP contribution >= 0.6 is 0 Å². The lowest BCUT2D eigenvalue weighted by atomic mass is 9.43. The Bertz CT molecular complexity index is 688. The van der Waals surface area contributed by atoms with Gasteiger partial charge in [-0.25, -0.2) is 9.97 Å². The van der Waals surface area contributed by atoms with E-state index in [9.17, 15) is 18.0 Å². The average Bonchev–Trinajstić information content (AvgIpc) is 3.31. The van der Waals surface area contributed by atoms with Crippen molar-refractivity contribution in [3.8, 4) is 5.88 Å². The summed E-state index contributed by atoms with van der Waals surface area (Å²) in [7, 11) is 0. The highest BCUT2D eigenvalue weighted by molar-refractivity contribution is 5.77. The Labute approximate surface area is 149 Å². The maximum atomic E-state index is 12.7. The summed E-state index contributed by atoms with van der Waals surface area (Å²) in [4.78, 5) is 20.4. The number of alkyl halides is 3. The highest BCUT2D eigenvalue weighted by Gasteiger charge is 2.57. The van der Waals surface area contributed by atoms with Crippen molar-refractivity contribution in [2.75, 3.05) is 0 Å². The van der Waals surface area contributed by atoms with Crippen LogP contribution in [0.2, 0.25) is 0 Å². The molecule has 0 aliphatic heterocycles. The van der Waals surface area contributed by atoms with E-state index < -0.39 is 12.3 Å². The topological polar surface area (TPSA) is 64.1 Å². The van der Waals surface area contributed by atoms with Crippen LogP contribution < -0.4 is 10.1 Å². The molecule has 2 atom stereocenters. The highest BCUT2D eigenvalue weighted by Crippen LogP contribution is 2.66. The van der Waals surface area contributed by atoms with Crippen LogP contribution in [0, 0.1) is 17.3 Å². The highest BCUT2D eigenvalue weighted by atomic mass is 19.4. The molecule has 0 spiro atoms. The van der Waals surface area contributed by atoms with E-state index in [4.69, 9.17) is 4.74 Å². The van der Waals surface area contributed by atoms with Crippen LogP contribution in [-0.2, 0) is 4.79 Å². The van der Waals surface area contributed by atoms with Crippen LogP contribution in [-0.4, -0.2) is 28.2 Å². The van der Waals surface area contributed by atoms with E-state index in [1.54, 1.807) is 0 Å². The number of rotatable bonds is 7. The maximum absolute atomic E-state index is 12.7. The molecule has 26 heavy (non-hydrogen) atoms. The van der Waals surface area contributed by atoms with Crippen LogP contribution in [0.3, 0.4) is 0 Å². The molecule has 4 saturated carbocycles. The molecule has 1 N–H and O–H groups in total. The van der Waals surface area contributed by atoms with E-state index in [2.05, 4.69) is 15.3 Å². The van der Waals surface area contributed by atoms with Crippen molar-refractivity contribution in [2.24, 2.45) is 17.3 Å². The Morgan fingerprint density at radius 2 is 2.04 bits per heavy atom. The lowest BCUT2D eigenvalue weighted by molar-refractivity contribution is -0.190. The van der Waals surface area contributed by atoms with Gasteiger partial charge in [-0.15, -0.1) is 0 Å². The SMILES string of the molecule is C[C@@H](Oc1cc(C(NC(=O)CC23CC(C2)C3)C2CC2)ncn1)C(F)(F)F. The molecule has 1 unspecified atom stereocenters. The van der Waals surface area contributed by atoms with Crippen molar-refractivity contribution >= 4 is 5.91 Å². The van der Waals surface area contributed by atoms with Gasteiger partial charge in [0.15, 0.2) is 6.10 Å². The standard InChI is InChI=1S/C18H22F3N3O2/c1-10(18(19,20)21)26-15-4-13(22-9-23-15)16(12-2-3-12)24-14(25)8-17-5-11(6-17)7-17/h4,9-12,16H,2-3,5-8H2,1H3,(H,24,25)/t10-,11?,16?,17?/m1/s1. The van der Waals surface area contributed by atoms with Crippen molar-refractivity contribution < 1.29 is 22.7 Å². The number of nitrogens with zero attached hydrogens (tertiary/aromatic N) is 2. The fourth-order valence-corrected chi connectivity index (χ4v) is 4.14. The monoisotopic (exact) mass is 369 g/mol. The summed E-state index contributed by atoms with van der Waals surface area (Å²) in [5.74, 6) is 0.970. The molecule has 0 aromatic carbocycles. The Balaban J connectivity index is 1.43. The first-order chi connectivity index (χ1) is 12.2. The summed E-state index contributed by atoms with van der Waals surface area (Å²) in [6.45, 7) is 0.936. The molecular weight excluding hydrogens is 347 g/mol. The van der Waals surface area contributed by atoms with Gasteiger partial charge in [0.25, 0.3) is 0 Å². The average molecular weight is 369 g/mol. The lowest BCUT2D eigenvalue weighted by Crippen LogP contribution is -2.54. The molecule has 0 saturated heterocycles. The number of amides is 1. The molecular formula is C18H22F3N3O2. The van der Waals surface area contributed by atoms with Crippen LogP contribution in [0.4, 0.5) is 13.2 Å². The number of hydrogen-bond donors (Lipinski definition) is 1. The molecule has 8 heteroatoms. The Kier molecular flexibility index (Phi) is 4.11. The van der Waals surface area contributed by atoms with E-state index in [0.29, 0.717) is 12.1 Å². The van der Waals surface area contributed by atoms with Crippen molar-refractivity contribution in [2.45, 2.75) is 63.8 Å². The smallest absolute Gasteiger partial charge is 0.425 e. The van der Waals surface area contributed by atoms with Crippen molar-refractivity contribution in [1.29, 1.82) is 0 Å². The molecule has 1 aromatic heterocycles. The first-order valence-corrected chi connectivity index (χ1v) is 9.09. The minimum atomic E-state index is -4.46. The summed E-state index contributed by atoms with van der Waals surface area (Å²) in [5, 5.41) is 3.05. The zero-order valence-electron chi connectivity index (χ0n) is 14.6. The normalized spacial score (nSPS) is 29.2. The Morgan fingerprint density at radius 1 is 1.35 bits per heavy atom. The van der Waals surface area contributed by atoms with Crippen molar-refractivity contribution in [3.63, 3.8) is 0 Å². The second-order valence-electron chi connectivity index (χ2n) is 8.12. The summed E-state index contributed by atoms with van der Waals surface area (Å²) in [6.07, 6.45) is 0.693. The first kappa shape index (κ1) is 17.5. The summed E-state index contributed by atoms with van der Waals surface area (Å²) in [6, 6.07) is 1.12. The van der Waals surface area contributed by atoms with Crippen molar-refractivity contribution in [3.05, 3.63) is 18.1 Å². The molecule has 4 aliphatic rings. The summed E-state index contributed by atoms with van der Waals surface area (Å²) >= 11 is 0. The molecule has 1 aromatic rings. The number of nitrogens with one attached hydrogen (secondary N) is 1. The van der Waals surface area contributed by atoms with Crippen LogP contribution in [0.25, 0.3) is 0 Å². The molecule has 1 amide bonds. The van der Waals surface area contributed by atoms with E-state index in [1.807, 2.05) is 0 Å². The summed E-state index contributed by atoms with van der Waals surface area (Å²) in [5.41, 5.74) is 0.725. The van der Waals surface area contributed by atoms with E-state index in [1.165, 1.54) is 12.4 Å². The number of hydrogen-bond acceptors (Lipinski definition) is 4. The number of ether oxygens (including phenoxy) is 1. The fourth-order valence-electron chi connectivity index (χ4n) is 4.14. The molecule has 2 bridgehead atoms. The zero-order valence-corrected chi connectivity index (χ0v) is 14.6.